The number of aryl methyl sites for hydroxylation is 1. The van der Waals surface area contributed by atoms with Crippen molar-refractivity contribution >= 4 is 5.91 Å². The van der Waals surface area contributed by atoms with Gasteiger partial charge in [0, 0.05) is 6.42 Å². The fourth-order valence-electron chi connectivity index (χ4n) is 1.05. The lowest BCUT2D eigenvalue weighted by Gasteiger charge is -2.02. The maximum absolute atomic E-state index is 10.8. The van der Waals surface area contributed by atoms with E-state index in [-0.39, 0.29) is 23.8 Å². The van der Waals surface area contributed by atoms with Gasteiger partial charge in [-0.05, 0) is 24.1 Å². The van der Waals surface area contributed by atoms with Crippen molar-refractivity contribution in [2.45, 2.75) is 12.8 Å². The van der Waals surface area contributed by atoms with Gasteiger partial charge in [0.15, 0.2) is 11.5 Å². The highest BCUT2D eigenvalue weighted by molar-refractivity contribution is 5.75. The van der Waals surface area contributed by atoms with Crippen molar-refractivity contribution in [3.63, 3.8) is 0 Å². The third-order valence-electron chi connectivity index (χ3n) is 1.84. The summed E-state index contributed by atoms with van der Waals surface area (Å²) in [6.45, 7) is 0. The second-order valence-electron chi connectivity index (χ2n) is 2.89. The van der Waals surface area contributed by atoms with Crippen LogP contribution >= 0.6 is 0 Å². The first-order chi connectivity index (χ1) is 6.63. The van der Waals surface area contributed by atoms with Crippen molar-refractivity contribution < 1.29 is 15.0 Å². The molecule has 5 nitrogen and oxygen atoms in total. The molecule has 0 aromatic heterocycles. The lowest BCUT2D eigenvalue weighted by Crippen LogP contribution is -2.30. The molecule has 1 rings (SSSR count). The Morgan fingerprint density at radius 1 is 1.36 bits per heavy atom. The molecule has 1 aromatic carbocycles. The van der Waals surface area contributed by atoms with Gasteiger partial charge in [-0.1, -0.05) is 6.07 Å². The number of phenolic OH excluding ortho intramolecular Hbond substituents is 2. The molecule has 0 unspecified atom stereocenters. The molecule has 5 N–H and O–H groups in total. The van der Waals surface area contributed by atoms with Crippen LogP contribution < -0.4 is 11.3 Å². The molecule has 0 radical (unpaired) electrons. The van der Waals surface area contributed by atoms with E-state index in [2.05, 4.69) is 0 Å². The van der Waals surface area contributed by atoms with Crippen LogP contribution in [0.15, 0.2) is 18.2 Å². The van der Waals surface area contributed by atoms with Gasteiger partial charge in [-0.15, -0.1) is 0 Å². The zero-order valence-electron chi connectivity index (χ0n) is 7.53. The van der Waals surface area contributed by atoms with Crippen LogP contribution in [0.1, 0.15) is 12.0 Å². The highest BCUT2D eigenvalue weighted by atomic mass is 16.3. The van der Waals surface area contributed by atoms with Gasteiger partial charge in [-0.25, -0.2) is 5.84 Å². The minimum atomic E-state index is -0.266. The van der Waals surface area contributed by atoms with Crippen molar-refractivity contribution in [2.75, 3.05) is 0 Å². The Balaban J connectivity index is 2.60. The molecule has 0 atom stereocenters. The molecule has 76 valence electrons. The normalized spacial score (nSPS) is 9.79. The molecule has 0 heterocycles. The fourth-order valence-corrected chi connectivity index (χ4v) is 1.05. The van der Waals surface area contributed by atoms with Crippen LogP contribution in [0.2, 0.25) is 0 Å². The highest BCUT2D eigenvalue weighted by Gasteiger charge is 2.03. The lowest BCUT2D eigenvalue weighted by molar-refractivity contribution is -0.121. The first-order valence-corrected chi connectivity index (χ1v) is 4.14. The first kappa shape index (κ1) is 10.3. The number of carbonyl (C=O) groups excluding carboxylic acids is 1. The SMILES string of the molecule is NNC(=O)CCc1ccc(O)c(O)c1. The molecule has 0 aliphatic heterocycles. The maximum Gasteiger partial charge on any atom is 0.234 e. The van der Waals surface area contributed by atoms with E-state index in [4.69, 9.17) is 16.1 Å². The van der Waals surface area contributed by atoms with Gasteiger partial charge in [-0.2, -0.15) is 0 Å². The molecule has 5 heteroatoms. The summed E-state index contributed by atoms with van der Waals surface area (Å²) >= 11 is 0. The van der Waals surface area contributed by atoms with Crippen LogP contribution in [0.3, 0.4) is 0 Å². The Morgan fingerprint density at radius 3 is 2.64 bits per heavy atom. The number of phenols is 2. The lowest BCUT2D eigenvalue weighted by atomic mass is 10.1. The van der Waals surface area contributed by atoms with Crippen molar-refractivity contribution in [1.29, 1.82) is 0 Å². The summed E-state index contributed by atoms with van der Waals surface area (Å²) in [6, 6.07) is 4.43. The molecule has 0 bridgehead atoms. The fraction of sp³-hybridized carbons (Fsp3) is 0.222. The minimum Gasteiger partial charge on any atom is -0.504 e. The van der Waals surface area contributed by atoms with Crippen LogP contribution in [-0.2, 0) is 11.2 Å². The summed E-state index contributed by atoms with van der Waals surface area (Å²) in [5.41, 5.74) is 2.78. The topological polar surface area (TPSA) is 95.6 Å². The summed E-state index contributed by atoms with van der Waals surface area (Å²) in [7, 11) is 0. The number of hydrogen-bond donors (Lipinski definition) is 4. The van der Waals surface area contributed by atoms with Gasteiger partial charge in [0.05, 0.1) is 0 Å². The molecule has 1 amide bonds. The number of amides is 1. The van der Waals surface area contributed by atoms with Crippen molar-refractivity contribution in [1.82, 2.24) is 5.43 Å². The zero-order chi connectivity index (χ0) is 10.6. The molecule has 0 fully saturated rings. The number of benzene rings is 1. The second kappa shape index (κ2) is 4.48. The van der Waals surface area contributed by atoms with E-state index in [9.17, 15) is 4.79 Å². The number of hydrazine groups is 1. The number of nitrogens with two attached hydrogens (primary N) is 1. The average Bonchev–Trinajstić information content (AvgIpc) is 2.19. The molecule has 0 saturated carbocycles. The van der Waals surface area contributed by atoms with E-state index in [1.54, 1.807) is 6.07 Å². The summed E-state index contributed by atoms with van der Waals surface area (Å²) in [4.78, 5) is 10.8. The first-order valence-electron chi connectivity index (χ1n) is 4.14. The summed E-state index contributed by atoms with van der Waals surface area (Å²) in [5, 5.41) is 18.2. The van der Waals surface area contributed by atoms with E-state index in [1.165, 1.54) is 12.1 Å². The van der Waals surface area contributed by atoms with Gasteiger partial charge in [-0.3, -0.25) is 10.2 Å². The van der Waals surface area contributed by atoms with Crippen molar-refractivity contribution in [2.24, 2.45) is 5.84 Å². The minimum absolute atomic E-state index is 0.169. The molecule has 1 aromatic rings. The molecule has 0 spiro atoms. The summed E-state index contributed by atoms with van der Waals surface area (Å²) in [5.74, 6) is 4.28. The molecule has 0 aliphatic carbocycles. The van der Waals surface area contributed by atoms with Gasteiger partial charge in [0.2, 0.25) is 5.91 Å². The molecule has 0 saturated heterocycles. The monoisotopic (exact) mass is 196 g/mol. The predicted molar refractivity (Wildman–Crippen MR) is 50.4 cm³/mol. The Bertz CT molecular complexity index is 339. The van der Waals surface area contributed by atoms with Crippen LogP contribution in [0, 0.1) is 0 Å². The van der Waals surface area contributed by atoms with Crippen molar-refractivity contribution in [3.8, 4) is 11.5 Å². The molecule has 14 heavy (non-hydrogen) atoms. The van der Waals surface area contributed by atoms with Crippen LogP contribution in [-0.4, -0.2) is 16.1 Å². The number of carbonyl (C=O) groups is 1. The number of nitrogens with one attached hydrogen (secondary N) is 1. The van der Waals surface area contributed by atoms with E-state index >= 15 is 0 Å². The summed E-state index contributed by atoms with van der Waals surface area (Å²) in [6.07, 6.45) is 0.720. The van der Waals surface area contributed by atoms with E-state index in [0.717, 1.165) is 5.56 Å². The Hall–Kier alpha value is -1.75. The average molecular weight is 196 g/mol. The molecule has 0 aliphatic rings. The third kappa shape index (κ3) is 2.63. The third-order valence-corrected chi connectivity index (χ3v) is 1.84. The zero-order valence-corrected chi connectivity index (χ0v) is 7.53. The van der Waals surface area contributed by atoms with Gasteiger partial charge in [0.25, 0.3) is 0 Å². The van der Waals surface area contributed by atoms with Crippen LogP contribution in [0.5, 0.6) is 11.5 Å². The van der Waals surface area contributed by atoms with Crippen LogP contribution in [0.4, 0.5) is 0 Å². The second-order valence-corrected chi connectivity index (χ2v) is 2.89. The quantitative estimate of drug-likeness (QED) is 0.237. The van der Waals surface area contributed by atoms with E-state index in [0.29, 0.717) is 6.42 Å². The number of aromatic hydroxyl groups is 2. The Kier molecular flexibility index (Phi) is 3.30. The number of hydrogen-bond acceptors (Lipinski definition) is 4. The van der Waals surface area contributed by atoms with Crippen molar-refractivity contribution in [3.05, 3.63) is 23.8 Å². The summed E-state index contributed by atoms with van der Waals surface area (Å²) < 4.78 is 0. The Morgan fingerprint density at radius 2 is 2.07 bits per heavy atom. The van der Waals surface area contributed by atoms with E-state index in [1.807, 2.05) is 5.43 Å². The predicted octanol–water partition coefficient (Wildman–Crippen LogP) is 0.0203. The standard InChI is InChI=1S/C9H12N2O3/c10-11-9(14)4-2-6-1-3-7(12)8(13)5-6/h1,3,5,12-13H,2,4,10H2,(H,11,14). The molecular formula is C9H12N2O3. The largest absolute Gasteiger partial charge is 0.504 e. The van der Waals surface area contributed by atoms with Crippen LogP contribution in [0.25, 0.3) is 0 Å². The highest BCUT2D eigenvalue weighted by Crippen LogP contribution is 2.25. The number of rotatable bonds is 3. The van der Waals surface area contributed by atoms with E-state index < -0.39 is 0 Å². The van der Waals surface area contributed by atoms with Gasteiger partial charge in [0.1, 0.15) is 0 Å². The van der Waals surface area contributed by atoms with Gasteiger partial charge < -0.3 is 10.2 Å². The smallest absolute Gasteiger partial charge is 0.234 e. The van der Waals surface area contributed by atoms with Gasteiger partial charge >= 0.3 is 0 Å². The Labute approximate surface area is 81.1 Å². The maximum atomic E-state index is 10.8. The molecular weight excluding hydrogens is 184 g/mol.